The topological polar surface area (TPSA) is 66.4 Å². The van der Waals surface area contributed by atoms with Gasteiger partial charge < -0.3 is 20.5 Å². The van der Waals surface area contributed by atoms with Gasteiger partial charge in [0.2, 0.25) is 0 Å². The fourth-order valence-corrected chi connectivity index (χ4v) is 2.18. The molecule has 1 saturated heterocycles. The molecule has 2 rings (SSSR count). The van der Waals surface area contributed by atoms with Crippen LogP contribution in [0.3, 0.4) is 0 Å². The Morgan fingerprint density at radius 2 is 1.95 bits per heavy atom. The van der Waals surface area contributed by atoms with Gasteiger partial charge in [0.15, 0.2) is 23.3 Å². The second-order valence-corrected chi connectivity index (χ2v) is 4.86. The van der Waals surface area contributed by atoms with Crippen molar-refractivity contribution in [1.29, 1.82) is 0 Å². The van der Waals surface area contributed by atoms with Crippen LogP contribution < -0.4 is 10.6 Å². The van der Waals surface area contributed by atoms with Crippen LogP contribution in [0.4, 0.5) is 20.4 Å². The lowest BCUT2D eigenvalue weighted by molar-refractivity contribution is 0.0377. The summed E-state index contributed by atoms with van der Waals surface area (Å²) in [4.78, 5) is 3.92. The van der Waals surface area contributed by atoms with Gasteiger partial charge >= 0.3 is 0 Å². The van der Waals surface area contributed by atoms with E-state index in [1.165, 1.54) is 0 Å². The quantitative estimate of drug-likeness (QED) is 0.770. The summed E-state index contributed by atoms with van der Waals surface area (Å²) in [6.07, 6.45) is 1.08. The van der Waals surface area contributed by atoms with Gasteiger partial charge in [-0.15, -0.1) is 0 Å². The highest BCUT2D eigenvalue weighted by Crippen LogP contribution is 2.27. The predicted molar refractivity (Wildman–Crippen MR) is 71.8 cm³/mol. The summed E-state index contributed by atoms with van der Waals surface area (Å²) < 4.78 is 32.6. The number of hydrogen-bond acceptors (Lipinski definition) is 5. The van der Waals surface area contributed by atoms with E-state index in [4.69, 9.17) is 4.74 Å². The van der Waals surface area contributed by atoms with Crippen LogP contribution in [-0.4, -0.2) is 42.0 Å². The van der Waals surface area contributed by atoms with E-state index < -0.39 is 17.2 Å². The van der Waals surface area contributed by atoms with Crippen LogP contribution in [0.1, 0.15) is 19.8 Å². The van der Waals surface area contributed by atoms with Gasteiger partial charge in [-0.05, 0) is 19.8 Å². The van der Waals surface area contributed by atoms with Crippen LogP contribution in [-0.2, 0) is 4.74 Å². The van der Waals surface area contributed by atoms with Gasteiger partial charge in [-0.1, -0.05) is 0 Å². The normalized spacial score (nSPS) is 17.8. The minimum atomic E-state index is -0.775. The van der Waals surface area contributed by atoms with Gasteiger partial charge in [-0.3, -0.25) is 0 Å². The number of hydrogen-bond donors (Lipinski definition) is 3. The van der Waals surface area contributed by atoms with Gasteiger partial charge in [-0.2, -0.15) is 0 Å². The summed E-state index contributed by atoms with van der Waals surface area (Å²) in [7, 11) is 0. The van der Waals surface area contributed by atoms with Crippen molar-refractivity contribution in [1.82, 2.24) is 4.98 Å². The molecule has 1 aromatic rings. The van der Waals surface area contributed by atoms with E-state index in [1.54, 1.807) is 6.92 Å². The van der Waals surface area contributed by atoms with Gasteiger partial charge in [0.1, 0.15) is 0 Å². The minimum absolute atomic E-state index is 0.00320. The number of anilines is 2. The van der Waals surface area contributed by atoms with Gasteiger partial charge in [0.25, 0.3) is 0 Å². The molecule has 2 heterocycles. The maximum Gasteiger partial charge on any atom is 0.168 e. The summed E-state index contributed by atoms with van der Waals surface area (Å²) in [5.74, 6) is -1.57. The zero-order valence-electron chi connectivity index (χ0n) is 11.4. The highest BCUT2D eigenvalue weighted by molar-refractivity contribution is 5.49. The van der Waals surface area contributed by atoms with Crippen molar-refractivity contribution >= 4 is 11.6 Å². The first-order valence-electron chi connectivity index (χ1n) is 6.67. The maximum atomic E-state index is 13.8. The Hall–Kier alpha value is -1.47. The minimum Gasteiger partial charge on any atom is -0.394 e. The average Bonchev–Trinajstić information content (AvgIpc) is 2.45. The van der Waals surface area contributed by atoms with Gasteiger partial charge in [0, 0.05) is 25.8 Å². The van der Waals surface area contributed by atoms with Gasteiger partial charge in [0.05, 0.1) is 12.1 Å². The number of nitrogens with one attached hydrogen (secondary N) is 2. The number of nitrogens with zero attached hydrogens (tertiary/aromatic N) is 1. The molecule has 3 N–H and O–H groups in total. The molecule has 0 radical (unpaired) electrons. The van der Waals surface area contributed by atoms with Crippen molar-refractivity contribution in [3.63, 3.8) is 0 Å². The van der Waals surface area contributed by atoms with Crippen molar-refractivity contribution in [2.75, 3.05) is 37.0 Å². The van der Waals surface area contributed by atoms with E-state index in [1.807, 2.05) is 0 Å². The average molecular weight is 287 g/mol. The van der Waals surface area contributed by atoms with E-state index in [0.717, 1.165) is 6.07 Å². The summed E-state index contributed by atoms with van der Waals surface area (Å²) in [6, 6.07) is 0.789. The first kappa shape index (κ1) is 14.9. The molecule has 1 aliphatic heterocycles. The Labute approximate surface area is 116 Å². The summed E-state index contributed by atoms with van der Waals surface area (Å²) in [5.41, 5.74) is -0.673. The molecule has 0 aliphatic carbocycles. The Morgan fingerprint density at radius 1 is 1.30 bits per heavy atom. The highest BCUT2D eigenvalue weighted by atomic mass is 19.1. The Kier molecular flexibility index (Phi) is 4.72. The summed E-state index contributed by atoms with van der Waals surface area (Å²) in [5, 5.41) is 15.2. The number of halogens is 2. The van der Waals surface area contributed by atoms with Crippen molar-refractivity contribution in [3.8, 4) is 0 Å². The molecule has 0 bridgehead atoms. The van der Waals surface area contributed by atoms with Crippen LogP contribution in [0.15, 0.2) is 6.07 Å². The smallest absolute Gasteiger partial charge is 0.168 e. The third-order valence-corrected chi connectivity index (χ3v) is 3.41. The van der Waals surface area contributed by atoms with Crippen molar-refractivity contribution in [2.24, 2.45) is 0 Å². The van der Waals surface area contributed by atoms with Crippen LogP contribution >= 0.6 is 0 Å². The molecule has 1 aromatic heterocycles. The van der Waals surface area contributed by atoms with E-state index in [0.29, 0.717) is 32.6 Å². The molecule has 20 heavy (non-hydrogen) atoms. The first-order chi connectivity index (χ1) is 9.60. The predicted octanol–water partition coefficient (Wildman–Crippen LogP) is 1.74. The monoisotopic (exact) mass is 287 g/mol. The molecular formula is C13H19F2N3O2. The standard InChI is InChI=1S/C13H19F2N3O2/c1-2-16-11-9(14)7-10(15)12(17-11)18-13(8-19)3-5-20-6-4-13/h7,19H,2-6,8H2,1H3,(H2,16,17,18). The molecule has 5 nitrogen and oxygen atoms in total. The molecule has 0 unspecified atom stereocenters. The maximum absolute atomic E-state index is 13.8. The second kappa shape index (κ2) is 6.32. The molecule has 7 heteroatoms. The number of aromatic nitrogens is 1. The van der Waals surface area contributed by atoms with Crippen LogP contribution in [0.5, 0.6) is 0 Å². The Bertz CT molecular complexity index is 465. The van der Waals surface area contributed by atoms with Crippen LogP contribution in [0, 0.1) is 11.6 Å². The SMILES string of the molecule is CCNc1nc(NC2(CO)CCOCC2)c(F)cc1F. The fourth-order valence-electron chi connectivity index (χ4n) is 2.18. The second-order valence-electron chi connectivity index (χ2n) is 4.86. The molecule has 0 saturated carbocycles. The van der Waals surface area contributed by atoms with Crippen LogP contribution in [0.25, 0.3) is 0 Å². The zero-order valence-corrected chi connectivity index (χ0v) is 11.4. The molecule has 1 aliphatic rings. The lowest BCUT2D eigenvalue weighted by atomic mass is 9.91. The Morgan fingerprint density at radius 3 is 2.55 bits per heavy atom. The van der Waals surface area contributed by atoms with Crippen molar-refractivity contribution < 1.29 is 18.6 Å². The third kappa shape index (κ3) is 3.16. The van der Waals surface area contributed by atoms with Crippen molar-refractivity contribution in [3.05, 3.63) is 17.7 Å². The zero-order chi connectivity index (χ0) is 14.6. The van der Waals surface area contributed by atoms with E-state index >= 15 is 0 Å². The first-order valence-corrected chi connectivity index (χ1v) is 6.67. The number of pyridine rings is 1. The van der Waals surface area contributed by atoms with E-state index in [2.05, 4.69) is 15.6 Å². The van der Waals surface area contributed by atoms with Crippen molar-refractivity contribution in [2.45, 2.75) is 25.3 Å². The Balaban J connectivity index is 2.25. The van der Waals surface area contributed by atoms with E-state index in [9.17, 15) is 13.9 Å². The molecular weight excluding hydrogens is 268 g/mol. The lowest BCUT2D eigenvalue weighted by Crippen LogP contribution is -2.47. The molecule has 112 valence electrons. The van der Waals surface area contributed by atoms with E-state index in [-0.39, 0.29) is 18.2 Å². The third-order valence-electron chi connectivity index (χ3n) is 3.41. The van der Waals surface area contributed by atoms with Crippen LogP contribution in [0.2, 0.25) is 0 Å². The fraction of sp³-hybridized carbons (Fsp3) is 0.615. The molecule has 0 aromatic carbocycles. The highest BCUT2D eigenvalue weighted by Gasteiger charge is 2.33. The molecule has 0 spiro atoms. The number of aliphatic hydroxyl groups is 1. The molecule has 0 atom stereocenters. The van der Waals surface area contributed by atoms with Gasteiger partial charge in [-0.25, -0.2) is 13.8 Å². The lowest BCUT2D eigenvalue weighted by Gasteiger charge is -2.36. The summed E-state index contributed by atoms with van der Waals surface area (Å²) in [6.45, 7) is 3.08. The largest absolute Gasteiger partial charge is 0.394 e. The number of aliphatic hydroxyl groups excluding tert-OH is 1. The number of rotatable bonds is 5. The summed E-state index contributed by atoms with van der Waals surface area (Å²) >= 11 is 0. The molecule has 1 fully saturated rings. The number of ether oxygens (including phenoxy) is 1. The molecule has 0 amide bonds.